The number of aryl methyl sites for hydroxylation is 2. The predicted molar refractivity (Wildman–Crippen MR) is 218 cm³/mol. The topological polar surface area (TPSA) is 98.2 Å². The Kier molecular flexibility index (Phi) is 14.1. The molecule has 6 rings (SSSR count). The summed E-state index contributed by atoms with van der Waals surface area (Å²) in [6, 6.07) is 22.3. The highest BCUT2D eigenvalue weighted by Gasteiger charge is 2.25. The number of fused-ring (bicyclic) bond motifs is 1. The van der Waals surface area contributed by atoms with Gasteiger partial charge in [-0.2, -0.15) is 0 Å². The van der Waals surface area contributed by atoms with E-state index in [2.05, 4.69) is 77.4 Å². The van der Waals surface area contributed by atoms with Gasteiger partial charge in [0.05, 0.1) is 60.1 Å². The average molecular weight is 754 g/mol. The van der Waals surface area contributed by atoms with Crippen molar-refractivity contribution in [3.05, 3.63) is 95.6 Å². The highest BCUT2D eigenvalue weighted by atomic mass is 32.2. The Bertz CT molecular complexity index is 1890. The van der Waals surface area contributed by atoms with Crippen LogP contribution in [0, 0.1) is 6.92 Å². The van der Waals surface area contributed by atoms with Crippen molar-refractivity contribution in [1.29, 1.82) is 0 Å². The monoisotopic (exact) mass is 753 g/mol. The molecule has 54 heavy (non-hydrogen) atoms. The molecule has 2 aliphatic rings. The summed E-state index contributed by atoms with van der Waals surface area (Å²) in [5, 5.41) is 3.12. The maximum Gasteiger partial charge on any atom is 0.251 e. The SMILES string of the molecule is CCCCOCCOc1ccc(-c2ccc3c(c2)C=C(C(=O)Nc2ccc([S@@](=O)Cc4c(C)ncn4CC)cc2)CCCN3C[C@H]2COCCN2C)cc1. The number of hydrogen-bond donors (Lipinski definition) is 1. The first-order chi connectivity index (χ1) is 26.3. The first kappa shape index (κ1) is 39.4. The maximum atomic E-state index is 13.9. The second-order valence-corrected chi connectivity index (χ2v) is 15.5. The van der Waals surface area contributed by atoms with Gasteiger partial charge in [0.15, 0.2) is 0 Å². The van der Waals surface area contributed by atoms with Gasteiger partial charge in [-0.3, -0.25) is 13.9 Å². The van der Waals surface area contributed by atoms with E-state index < -0.39 is 10.8 Å². The van der Waals surface area contributed by atoms with Crippen LogP contribution in [0.5, 0.6) is 5.75 Å². The molecule has 1 N–H and O–H groups in total. The van der Waals surface area contributed by atoms with E-state index in [1.54, 1.807) is 6.33 Å². The fourth-order valence-electron chi connectivity index (χ4n) is 6.92. The Morgan fingerprint density at radius 2 is 1.80 bits per heavy atom. The van der Waals surface area contributed by atoms with E-state index in [4.69, 9.17) is 14.2 Å². The zero-order valence-corrected chi connectivity index (χ0v) is 33.0. The number of rotatable bonds is 16. The number of likely N-dealkylation sites (N-methyl/N-ethyl adjacent to an activating group) is 1. The molecule has 0 bridgehead atoms. The Hall–Kier alpha value is -4.29. The van der Waals surface area contributed by atoms with Crippen LogP contribution in [0.3, 0.4) is 0 Å². The van der Waals surface area contributed by atoms with Crippen LogP contribution in [0.15, 0.2) is 83.5 Å². The summed E-state index contributed by atoms with van der Waals surface area (Å²) >= 11 is 0. The van der Waals surface area contributed by atoms with Crippen LogP contribution in [-0.4, -0.2) is 90.3 Å². The molecule has 0 radical (unpaired) electrons. The highest BCUT2D eigenvalue weighted by molar-refractivity contribution is 7.84. The van der Waals surface area contributed by atoms with Gasteiger partial charge in [-0.1, -0.05) is 31.5 Å². The summed E-state index contributed by atoms with van der Waals surface area (Å²) in [5.74, 6) is 1.08. The molecule has 0 aliphatic carbocycles. The van der Waals surface area contributed by atoms with Gasteiger partial charge in [-0.15, -0.1) is 0 Å². The number of imidazole rings is 1. The van der Waals surface area contributed by atoms with Crippen LogP contribution >= 0.6 is 0 Å². The van der Waals surface area contributed by atoms with Gasteiger partial charge in [0.2, 0.25) is 0 Å². The summed E-state index contributed by atoms with van der Waals surface area (Å²) in [5.41, 5.74) is 7.54. The lowest BCUT2D eigenvalue weighted by Crippen LogP contribution is -2.49. The van der Waals surface area contributed by atoms with Crippen molar-refractivity contribution in [2.75, 3.05) is 69.9 Å². The average Bonchev–Trinajstić information content (AvgIpc) is 3.53. The molecule has 2 atom stereocenters. The van der Waals surface area contributed by atoms with Crippen LogP contribution in [-0.2, 0) is 37.4 Å². The molecule has 1 saturated heterocycles. The van der Waals surface area contributed by atoms with Gasteiger partial charge in [-0.25, -0.2) is 4.98 Å². The zero-order valence-electron chi connectivity index (χ0n) is 32.2. The Morgan fingerprint density at radius 1 is 1.00 bits per heavy atom. The fourth-order valence-corrected chi connectivity index (χ4v) is 8.15. The first-order valence-corrected chi connectivity index (χ1v) is 20.6. The lowest BCUT2D eigenvalue weighted by molar-refractivity contribution is -0.112. The minimum atomic E-state index is -1.23. The number of hydrogen-bond acceptors (Lipinski definition) is 8. The minimum Gasteiger partial charge on any atom is -0.491 e. The number of benzene rings is 3. The normalized spacial score (nSPS) is 16.9. The van der Waals surface area contributed by atoms with E-state index in [1.807, 2.05) is 47.9 Å². The Morgan fingerprint density at radius 3 is 2.56 bits per heavy atom. The summed E-state index contributed by atoms with van der Waals surface area (Å²) < 4.78 is 32.7. The largest absolute Gasteiger partial charge is 0.491 e. The highest BCUT2D eigenvalue weighted by Crippen LogP contribution is 2.33. The molecule has 1 amide bonds. The number of ether oxygens (including phenoxy) is 3. The molecule has 0 saturated carbocycles. The molecule has 3 heterocycles. The smallest absolute Gasteiger partial charge is 0.251 e. The van der Waals surface area contributed by atoms with Crippen LogP contribution in [0.2, 0.25) is 0 Å². The van der Waals surface area contributed by atoms with Crippen LogP contribution in [0.4, 0.5) is 11.4 Å². The molecule has 11 heteroatoms. The van der Waals surface area contributed by atoms with Gasteiger partial charge in [-0.05, 0) is 111 Å². The summed E-state index contributed by atoms with van der Waals surface area (Å²) in [6.07, 6.45) is 7.52. The van der Waals surface area contributed by atoms with Crippen LogP contribution in [0.1, 0.15) is 56.5 Å². The fraction of sp³-hybridized carbons (Fsp3) is 0.442. The summed E-state index contributed by atoms with van der Waals surface area (Å²) in [4.78, 5) is 23.8. The molecular weight excluding hydrogens is 699 g/mol. The zero-order chi connectivity index (χ0) is 37.9. The Labute approximate surface area is 323 Å². The van der Waals surface area contributed by atoms with E-state index in [9.17, 15) is 9.00 Å². The summed E-state index contributed by atoms with van der Waals surface area (Å²) in [7, 11) is 0.936. The van der Waals surface area contributed by atoms with Gasteiger partial charge in [0.1, 0.15) is 12.4 Å². The van der Waals surface area contributed by atoms with E-state index >= 15 is 0 Å². The summed E-state index contributed by atoms with van der Waals surface area (Å²) in [6.45, 7) is 12.9. The van der Waals surface area contributed by atoms with Gasteiger partial charge in [0, 0.05) is 54.6 Å². The predicted octanol–water partition coefficient (Wildman–Crippen LogP) is 7.33. The lowest BCUT2D eigenvalue weighted by Gasteiger charge is -2.38. The molecule has 3 aromatic carbocycles. The number of nitrogens with one attached hydrogen (secondary N) is 1. The lowest BCUT2D eigenvalue weighted by atomic mass is 9.96. The van der Waals surface area contributed by atoms with Gasteiger partial charge in [0.25, 0.3) is 5.91 Å². The van der Waals surface area contributed by atoms with Crippen LogP contribution < -0.4 is 15.0 Å². The minimum absolute atomic E-state index is 0.128. The van der Waals surface area contributed by atoms with E-state index in [-0.39, 0.29) is 11.9 Å². The van der Waals surface area contributed by atoms with Gasteiger partial charge < -0.3 is 29.0 Å². The standard InChI is InChI=1S/C43H55N5O5S/c1-5-7-22-51-24-25-53-39-15-10-33(11-16-39)34-12-19-41-36(26-34)27-35(9-8-20-48(41)28-38-29-52-23-21-46(38)4)43(49)45-37-13-17-40(18-14-37)54(50)30-42-32(3)44-31-47(42)6-2/h10-19,26-27,31,38H,5-9,20-25,28-30H2,1-4H3,(H,45,49)/t38-,54-/m0/s1. The number of aromatic nitrogens is 2. The number of carbonyl (C=O) groups is 1. The van der Waals surface area contributed by atoms with E-state index in [0.29, 0.717) is 42.6 Å². The third-order valence-corrected chi connectivity index (χ3v) is 11.6. The van der Waals surface area contributed by atoms with Crippen molar-refractivity contribution in [3.8, 4) is 16.9 Å². The molecule has 4 aromatic rings. The quantitative estimate of drug-likeness (QED) is 0.119. The number of amides is 1. The van der Waals surface area contributed by atoms with Crippen molar-refractivity contribution in [2.45, 2.75) is 69.7 Å². The van der Waals surface area contributed by atoms with E-state index in [1.165, 1.54) is 0 Å². The second-order valence-electron chi connectivity index (χ2n) is 14.1. The molecule has 1 aromatic heterocycles. The van der Waals surface area contributed by atoms with Crippen molar-refractivity contribution >= 4 is 34.2 Å². The molecule has 2 aliphatic heterocycles. The number of unbranched alkanes of at least 4 members (excludes halogenated alkanes) is 1. The molecule has 288 valence electrons. The first-order valence-electron chi connectivity index (χ1n) is 19.3. The number of nitrogens with zero attached hydrogens (tertiary/aromatic N) is 4. The third-order valence-electron chi connectivity index (χ3n) is 10.3. The van der Waals surface area contributed by atoms with Crippen molar-refractivity contribution in [1.82, 2.24) is 14.5 Å². The number of anilines is 2. The molecular formula is C43H55N5O5S. The molecule has 1 fully saturated rings. The van der Waals surface area contributed by atoms with Crippen molar-refractivity contribution < 1.29 is 23.2 Å². The van der Waals surface area contributed by atoms with Crippen molar-refractivity contribution in [2.24, 2.45) is 0 Å². The Balaban J connectivity index is 1.19. The third kappa shape index (κ3) is 10.3. The van der Waals surface area contributed by atoms with Crippen molar-refractivity contribution in [3.63, 3.8) is 0 Å². The molecule has 0 spiro atoms. The van der Waals surface area contributed by atoms with E-state index in [0.717, 1.165) is 104 Å². The number of carbonyl (C=O) groups excluding carboxylic acids is 1. The number of morpholine rings is 1. The second kappa shape index (κ2) is 19.3. The molecule has 0 unspecified atom stereocenters. The molecule has 10 nitrogen and oxygen atoms in total. The van der Waals surface area contributed by atoms with Gasteiger partial charge >= 0.3 is 0 Å². The van der Waals surface area contributed by atoms with Crippen LogP contribution in [0.25, 0.3) is 17.2 Å². The maximum absolute atomic E-state index is 13.9.